The maximum absolute atomic E-state index is 11.1. The Labute approximate surface area is 105 Å². The van der Waals surface area contributed by atoms with Crippen molar-refractivity contribution in [2.75, 3.05) is 12.3 Å². The van der Waals surface area contributed by atoms with Crippen molar-refractivity contribution in [3.63, 3.8) is 0 Å². The predicted octanol–water partition coefficient (Wildman–Crippen LogP) is 1.93. The third-order valence-corrected chi connectivity index (χ3v) is 2.20. The summed E-state index contributed by atoms with van der Waals surface area (Å²) in [7, 11) is 0. The van der Waals surface area contributed by atoms with Gasteiger partial charge in [0.15, 0.2) is 0 Å². The first-order chi connectivity index (χ1) is 8.54. The van der Waals surface area contributed by atoms with Gasteiger partial charge in [-0.1, -0.05) is 18.2 Å². The lowest BCUT2D eigenvalue weighted by atomic mass is 10.1. The lowest BCUT2D eigenvalue weighted by molar-refractivity contribution is -0.142. The molecule has 96 valence electrons. The van der Waals surface area contributed by atoms with Gasteiger partial charge in [0.1, 0.15) is 0 Å². The van der Waals surface area contributed by atoms with Crippen LogP contribution < -0.4 is 5.73 Å². The molecule has 0 saturated heterocycles. The molecule has 0 spiro atoms. The van der Waals surface area contributed by atoms with E-state index in [9.17, 15) is 9.59 Å². The largest absolute Gasteiger partial charge is 0.478 e. The lowest BCUT2D eigenvalue weighted by Crippen LogP contribution is -2.02. The summed E-state index contributed by atoms with van der Waals surface area (Å²) in [5.41, 5.74) is 6.51. The van der Waals surface area contributed by atoms with Gasteiger partial charge in [0.2, 0.25) is 0 Å². The van der Waals surface area contributed by atoms with E-state index in [1.54, 1.807) is 31.2 Å². The fourth-order valence-corrected chi connectivity index (χ4v) is 1.41. The van der Waals surface area contributed by atoms with Gasteiger partial charge in [-0.2, -0.15) is 0 Å². The minimum Gasteiger partial charge on any atom is -0.478 e. The smallest absolute Gasteiger partial charge is 0.336 e. The number of aromatic carboxylic acids is 1. The number of hydrogen-bond donors (Lipinski definition) is 2. The Kier molecular flexibility index (Phi) is 4.92. The second-order valence-electron chi connectivity index (χ2n) is 3.56. The van der Waals surface area contributed by atoms with E-state index >= 15 is 0 Å². The molecule has 0 aliphatic rings. The molecule has 5 nitrogen and oxygen atoms in total. The zero-order valence-electron chi connectivity index (χ0n) is 10.1. The summed E-state index contributed by atoms with van der Waals surface area (Å²) in [4.78, 5) is 22.1. The normalized spacial score (nSPS) is 10.5. The molecule has 0 fully saturated rings. The number of nitrogen functional groups attached to an aromatic ring is 1. The molecule has 3 N–H and O–H groups in total. The minimum absolute atomic E-state index is 0.107. The van der Waals surface area contributed by atoms with E-state index in [2.05, 4.69) is 0 Å². The molecule has 1 aromatic rings. The number of carbonyl (C=O) groups is 2. The quantitative estimate of drug-likeness (QED) is 0.614. The number of benzene rings is 1. The molecule has 18 heavy (non-hydrogen) atoms. The number of ether oxygens (including phenoxy) is 1. The Morgan fingerprint density at radius 3 is 2.78 bits per heavy atom. The van der Waals surface area contributed by atoms with Crippen LogP contribution in [0.5, 0.6) is 0 Å². The van der Waals surface area contributed by atoms with Gasteiger partial charge in [0.05, 0.1) is 18.6 Å². The van der Waals surface area contributed by atoms with Crippen molar-refractivity contribution >= 4 is 23.7 Å². The first-order valence-electron chi connectivity index (χ1n) is 5.49. The van der Waals surface area contributed by atoms with Crippen LogP contribution in [0.25, 0.3) is 6.08 Å². The maximum atomic E-state index is 11.1. The summed E-state index contributed by atoms with van der Waals surface area (Å²) in [6.45, 7) is 2.05. The van der Waals surface area contributed by atoms with Crippen molar-refractivity contribution < 1.29 is 19.4 Å². The van der Waals surface area contributed by atoms with E-state index in [-0.39, 0.29) is 18.0 Å². The summed E-state index contributed by atoms with van der Waals surface area (Å²) in [5, 5.41) is 9.00. The molecular weight excluding hydrogens is 234 g/mol. The van der Waals surface area contributed by atoms with Crippen molar-refractivity contribution in [2.24, 2.45) is 0 Å². The van der Waals surface area contributed by atoms with Crippen LogP contribution in [-0.2, 0) is 9.53 Å². The number of carboxylic acid groups (broad SMARTS) is 1. The van der Waals surface area contributed by atoms with Crippen molar-refractivity contribution in [1.29, 1.82) is 0 Å². The van der Waals surface area contributed by atoms with Gasteiger partial charge >= 0.3 is 11.9 Å². The second-order valence-corrected chi connectivity index (χ2v) is 3.56. The molecule has 0 amide bonds. The maximum Gasteiger partial charge on any atom is 0.336 e. The molecule has 0 bridgehead atoms. The van der Waals surface area contributed by atoms with Crippen LogP contribution in [0, 0.1) is 0 Å². The average Bonchev–Trinajstić information content (AvgIpc) is 2.31. The zero-order valence-corrected chi connectivity index (χ0v) is 10.1. The standard InChI is InChI=1S/C13H15NO4/c1-2-18-12(15)5-3-4-9-6-7-10(14)8-11(9)13(16)17/h3-4,6-8H,2,5,14H2,1H3,(H,16,17). The summed E-state index contributed by atoms with van der Waals surface area (Å²) < 4.78 is 4.75. The Hall–Kier alpha value is -2.30. The molecule has 1 aromatic carbocycles. The Bertz CT molecular complexity index is 480. The summed E-state index contributed by atoms with van der Waals surface area (Å²) in [5.74, 6) is -1.40. The van der Waals surface area contributed by atoms with E-state index in [1.807, 2.05) is 0 Å². The first kappa shape index (κ1) is 13.8. The van der Waals surface area contributed by atoms with Crippen LogP contribution in [-0.4, -0.2) is 23.7 Å². The second kappa shape index (κ2) is 6.44. The van der Waals surface area contributed by atoms with Crippen LogP contribution in [0.3, 0.4) is 0 Å². The fourth-order valence-electron chi connectivity index (χ4n) is 1.41. The zero-order chi connectivity index (χ0) is 13.5. The third-order valence-electron chi connectivity index (χ3n) is 2.20. The summed E-state index contributed by atoms with van der Waals surface area (Å²) >= 11 is 0. The average molecular weight is 249 g/mol. The molecule has 0 saturated carbocycles. The number of carbonyl (C=O) groups excluding carboxylic acids is 1. The first-order valence-corrected chi connectivity index (χ1v) is 5.49. The van der Waals surface area contributed by atoms with Crippen molar-refractivity contribution in [1.82, 2.24) is 0 Å². The highest BCUT2D eigenvalue weighted by Gasteiger charge is 2.08. The van der Waals surface area contributed by atoms with Gasteiger partial charge in [-0.15, -0.1) is 0 Å². The highest BCUT2D eigenvalue weighted by molar-refractivity contribution is 5.93. The molecule has 5 heteroatoms. The van der Waals surface area contributed by atoms with Gasteiger partial charge < -0.3 is 15.6 Å². The van der Waals surface area contributed by atoms with Crippen molar-refractivity contribution in [2.45, 2.75) is 13.3 Å². The van der Waals surface area contributed by atoms with Crippen molar-refractivity contribution in [3.05, 3.63) is 35.4 Å². The molecule has 0 aliphatic heterocycles. The van der Waals surface area contributed by atoms with E-state index < -0.39 is 5.97 Å². The number of carboxylic acids is 1. The summed E-state index contributed by atoms with van der Waals surface area (Å²) in [6.07, 6.45) is 3.24. The fraction of sp³-hybridized carbons (Fsp3) is 0.231. The number of hydrogen-bond acceptors (Lipinski definition) is 4. The van der Waals surface area contributed by atoms with Crippen molar-refractivity contribution in [3.8, 4) is 0 Å². The SMILES string of the molecule is CCOC(=O)CC=Cc1ccc(N)cc1C(=O)O. The molecule has 0 aromatic heterocycles. The van der Waals surface area contributed by atoms with Crippen LogP contribution in [0.1, 0.15) is 29.3 Å². The van der Waals surface area contributed by atoms with Crippen LogP contribution in [0.4, 0.5) is 5.69 Å². The molecule has 0 unspecified atom stereocenters. The number of rotatable bonds is 5. The number of nitrogens with two attached hydrogens (primary N) is 1. The number of anilines is 1. The molecule has 0 radical (unpaired) electrons. The van der Waals surface area contributed by atoms with Gasteiger partial charge in [0.25, 0.3) is 0 Å². The molecular formula is C13H15NO4. The van der Waals surface area contributed by atoms with Gasteiger partial charge in [-0.25, -0.2) is 4.79 Å². The highest BCUT2D eigenvalue weighted by atomic mass is 16.5. The predicted molar refractivity (Wildman–Crippen MR) is 68.1 cm³/mol. The molecule has 0 heterocycles. The molecule has 0 atom stereocenters. The van der Waals surface area contributed by atoms with Gasteiger partial charge in [0, 0.05) is 5.69 Å². The van der Waals surface area contributed by atoms with Crippen LogP contribution >= 0.6 is 0 Å². The minimum atomic E-state index is -1.06. The molecule has 1 rings (SSSR count). The monoisotopic (exact) mass is 249 g/mol. The van der Waals surface area contributed by atoms with Crippen LogP contribution in [0.15, 0.2) is 24.3 Å². The Balaban J connectivity index is 2.81. The Morgan fingerprint density at radius 1 is 1.44 bits per heavy atom. The highest BCUT2D eigenvalue weighted by Crippen LogP contribution is 2.15. The van der Waals surface area contributed by atoms with E-state index in [1.165, 1.54) is 6.07 Å². The van der Waals surface area contributed by atoms with E-state index in [0.717, 1.165) is 0 Å². The van der Waals surface area contributed by atoms with E-state index in [4.69, 9.17) is 15.6 Å². The number of esters is 1. The Morgan fingerprint density at radius 2 is 2.17 bits per heavy atom. The lowest BCUT2D eigenvalue weighted by Gasteiger charge is -2.02. The summed E-state index contributed by atoms with van der Waals surface area (Å²) in [6, 6.07) is 4.59. The third kappa shape index (κ3) is 3.93. The topological polar surface area (TPSA) is 89.6 Å². The van der Waals surface area contributed by atoms with E-state index in [0.29, 0.717) is 17.9 Å². The molecule has 0 aliphatic carbocycles. The van der Waals surface area contributed by atoms with Gasteiger partial charge in [-0.05, 0) is 24.6 Å². The van der Waals surface area contributed by atoms with Gasteiger partial charge in [-0.3, -0.25) is 4.79 Å². The van der Waals surface area contributed by atoms with Crippen LogP contribution in [0.2, 0.25) is 0 Å².